The Morgan fingerprint density at radius 2 is 2.00 bits per heavy atom. The van der Waals surface area contributed by atoms with Gasteiger partial charge in [0.05, 0.1) is 0 Å². The first-order valence-corrected chi connectivity index (χ1v) is 6.41. The van der Waals surface area contributed by atoms with Crippen LogP contribution < -0.4 is 0 Å². The Labute approximate surface area is 88.7 Å². The summed E-state index contributed by atoms with van der Waals surface area (Å²) in [5, 5.41) is 1.54. The zero-order valence-electron chi connectivity index (χ0n) is 7.95. The van der Waals surface area contributed by atoms with Crippen molar-refractivity contribution >= 4 is 33.4 Å². The molecule has 0 aromatic rings. The fourth-order valence-electron chi connectivity index (χ4n) is 1.01. The first kappa shape index (κ1) is 12.5. The highest BCUT2D eigenvalue weighted by Gasteiger charge is 1.96. The van der Waals surface area contributed by atoms with Gasteiger partial charge in [0, 0.05) is 10.2 Å². The Morgan fingerprint density at radius 1 is 1.33 bits per heavy atom. The SMILES string of the molecule is CC([SiH3])=CCCCCCC(Cl)Cl. The molecule has 0 aromatic heterocycles. The number of halogens is 2. The normalized spacial score (nSPS) is 12.8. The second-order valence-corrected chi connectivity index (χ2v) is 6.16. The maximum Gasteiger partial charge on any atom is 0.107 e. The van der Waals surface area contributed by atoms with Gasteiger partial charge in [-0.15, -0.1) is 23.2 Å². The minimum Gasteiger partial charge on any atom is -0.105 e. The molecule has 0 nitrogen and oxygen atoms in total. The second kappa shape index (κ2) is 8.15. The largest absolute Gasteiger partial charge is 0.107 e. The summed E-state index contributed by atoms with van der Waals surface area (Å²) in [6.07, 6.45) is 8.19. The van der Waals surface area contributed by atoms with Gasteiger partial charge in [0.15, 0.2) is 0 Å². The van der Waals surface area contributed by atoms with Gasteiger partial charge in [0.25, 0.3) is 0 Å². The molecule has 0 aliphatic heterocycles. The van der Waals surface area contributed by atoms with Gasteiger partial charge in [-0.3, -0.25) is 0 Å². The first-order chi connectivity index (χ1) is 5.63. The molecule has 0 amide bonds. The Morgan fingerprint density at radius 3 is 2.50 bits per heavy atom. The topological polar surface area (TPSA) is 0 Å². The van der Waals surface area contributed by atoms with E-state index >= 15 is 0 Å². The molecule has 72 valence electrons. The summed E-state index contributed by atoms with van der Waals surface area (Å²) in [7, 11) is 1.20. The van der Waals surface area contributed by atoms with Gasteiger partial charge in [0.1, 0.15) is 4.84 Å². The highest BCUT2D eigenvalue weighted by Crippen LogP contribution is 2.13. The molecular weight excluding hydrogens is 207 g/mol. The minimum atomic E-state index is -0.166. The van der Waals surface area contributed by atoms with Gasteiger partial charge in [-0.2, -0.15) is 0 Å². The van der Waals surface area contributed by atoms with Gasteiger partial charge in [-0.05, 0) is 26.2 Å². The van der Waals surface area contributed by atoms with Crippen molar-refractivity contribution in [3.8, 4) is 0 Å². The van der Waals surface area contributed by atoms with Crippen molar-refractivity contribution in [1.29, 1.82) is 0 Å². The molecule has 0 heterocycles. The molecule has 0 unspecified atom stereocenters. The summed E-state index contributed by atoms with van der Waals surface area (Å²) >= 11 is 11.2. The first-order valence-electron chi connectivity index (χ1n) is 4.54. The van der Waals surface area contributed by atoms with Crippen molar-refractivity contribution in [2.24, 2.45) is 0 Å². The predicted octanol–water partition coefficient (Wildman–Crippen LogP) is 3.01. The number of rotatable bonds is 6. The summed E-state index contributed by atoms with van der Waals surface area (Å²) in [6, 6.07) is 0. The Balaban J connectivity index is 3.06. The molecule has 0 rings (SSSR count). The molecule has 0 aliphatic rings. The fourth-order valence-corrected chi connectivity index (χ4v) is 1.61. The van der Waals surface area contributed by atoms with Crippen molar-refractivity contribution < 1.29 is 0 Å². The summed E-state index contributed by atoms with van der Waals surface area (Å²) in [6.45, 7) is 2.19. The second-order valence-electron chi connectivity index (χ2n) is 3.31. The van der Waals surface area contributed by atoms with Gasteiger partial charge in [-0.1, -0.05) is 24.1 Å². The van der Waals surface area contributed by atoms with Crippen LogP contribution in [0.4, 0.5) is 0 Å². The van der Waals surface area contributed by atoms with Gasteiger partial charge in [0.2, 0.25) is 0 Å². The van der Waals surface area contributed by atoms with Crippen molar-refractivity contribution in [3.63, 3.8) is 0 Å². The molecule has 12 heavy (non-hydrogen) atoms. The van der Waals surface area contributed by atoms with Crippen molar-refractivity contribution in [3.05, 3.63) is 11.3 Å². The number of hydrogen-bond acceptors (Lipinski definition) is 0. The third kappa shape index (κ3) is 10.5. The van der Waals surface area contributed by atoms with E-state index in [-0.39, 0.29) is 4.84 Å². The molecule has 0 aromatic carbocycles. The van der Waals surface area contributed by atoms with Crippen LogP contribution in [0.3, 0.4) is 0 Å². The molecule has 3 heteroatoms. The van der Waals surface area contributed by atoms with Crippen LogP contribution in [0, 0.1) is 0 Å². The summed E-state index contributed by atoms with van der Waals surface area (Å²) in [5.41, 5.74) is 0. The molecule has 0 saturated heterocycles. The van der Waals surface area contributed by atoms with E-state index in [2.05, 4.69) is 13.0 Å². The Bertz CT molecular complexity index is 128. The number of unbranched alkanes of at least 4 members (excludes halogenated alkanes) is 3. The third-order valence-electron chi connectivity index (χ3n) is 1.68. The summed E-state index contributed by atoms with van der Waals surface area (Å²) in [4.78, 5) is -0.166. The average Bonchev–Trinajstić information content (AvgIpc) is 1.95. The standard InChI is InChI=1S/C9H18Cl2Si/c1-8(12)6-4-2-3-5-7-9(10)11/h6,9H,2-5,7H2,1,12H3. The minimum absolute atomic E-state index is 0.166. The van der Waals surface area contributed by atoms with E-state index in [4.69, 9.17) is 23.2 Å². The molecule has 0 atom stereocenters. The van der Waals surface area contributed by atoms with E-state index in [1.54, 1.807) is 5.20 Å². The van der Waals surface area contributed by atoms with E-state index in [0.29, 0.717) is 0 Å². The van der Waals surface area contributed by atoms with Crippen LogP contribution in [0.2, 0.25) is 0 Å². The lowest BCUT2D eigenvalue weighted by atomic mass is 10.1. The van der Waals surface area contributed by atoms with Crippen LogP contribution in [-0.2, 0) is 0 Å². The monoisotopic (exact) mass is 224 g/mol. The van der Waals surface area contributed by atoms with E-state index in [9.17, 15) is 0 Å². The van der Waals surface area contributed by atoms with Crippen LogP contribution in [0.15, 0.2) is 11.3 Å². The third-order valence-corrected chi connectivity index (χ3v) is 2.52. The summed E-state index contributed by atoms with van der Waals surface area (Å²) < 4.78 is 0. The zero-order chi connectivity index (χ0) is 9.40. The molecule has 0 fully saturated rings. The average molecular weight is 225 g/mol. The molecule has 0 spiro atoms. The highest BCUT2D eigenvalue weighted by atomic mass is 35.5. The molecule has 0 radical (unpaired) electrons. The molecular formula is C9H18Cl2Si. The summed E-state index contributed by atoms with van der Waals surface area (Å²) in [5.74, 6) is 0. The van der Waals surface area contributed by atoms with Crippen LogP contribution in [0.5, 0.6) is 0 Å². The van der Waals surface area contributed by atoms with Gasteiger partial charge < -0.3 is 0 Å². The van der Waals surface area contributed by atoms with Gasteiger partial charge in [-0.25, -0.2) is 0 Å². The van der Waals surface area contributed by atoms with E-state index < -0.39 is 0 Å². The predicted molar refractivity (Wildman–Crippen MR) is 62.3 cm³/mol. The van der Waals surface area contributed by atoms with Crippen molar-refractivity contribution in [2.45, 2.75) is 43.9 Å². The molecule has 0 N–H and O–H groups in total. The molecule has 0 saturated carbocycles. The van der Waals surface area contributed by atoms with Crippen molar-refractivity contribution in [2.75, 3.05) is 0 Å². The smallest absolute Gasteiger partial charge is 0.105 e. The van der Waals surface area contributed by atoms with Crippen LogP contribution in [0.1, 0.15) is 39.0 Å². The Kier molecular flexibility index (Phi) is 8.51. The van der Waals surface area contributed by atoms with E-state index in [0.717, 1.165) is 12.8 Å². The lowest BCUT2D eigenvalue weighted by molar-refractivity contribution is 0.666. The Hall–Kier alpha value is 0.537. The van der Waals surface area contributed by atoms with Crippen LogP contribution >= 0.6 is 23.2 Å². The number of alkyl halides is 2. The van der Waals surface area contributed by atoms with Crippen LogP contribution in [0.25, 0.3) is 0 Å². The quantitative estimate of drug-likeness (QED) is 0.370. The lowest BCUT2D eigenvalue weighted by Crippen LogP contribution is -1.86. The molecule has 0 aliphatic carbocycles. The van der Waals surface area contributed by atoms with Crippen molar-refractivity contribution in [1.82, 2.24) is 0 Å². The highest BCUT2D eigenvalue weighted by molar-refractivity contribution is 6.44. The van der Waals surface area contributed by atoms with E-state index in [1.165, 1.54) is 29.5 Å². The van der Waals surface area contributed by atoms with Gasteiger partial charge >= 0.3 is 0 Å². The van der Waals surface area contributed by atoms with E-state index in [1.807, 2.05) is 0 Å². The fraction of sp³-hybridized carbons (Fsp3) is 0.778. The maximum atomic E-state index is 5.60. The lowest BCUT2D eigenvalue weighted by Gasteiger charge is -1.99. The number of allylic oxidation sites excluding steroid dienone is 2. The van der Waals surface area contributed by atoms with Crippen LogP contribution in [-0.4, -0.2) is 15.1 Å². The molecule has 0 bridgehead atoms. The zero-order valence-corrected chi connectivity index (χ0v) is 11.5. The maximum absolute atomic E-state index is 5.60. The number of hydrogen-bond donors (Lipinski definition) is 0.